The number of fused-ring (bicyclic) bond motifs is 1. The first-order valence-electron chi connectivity index (χ1n) is 5.04. The normalized spacial score (nSPS) is 12.3. The molecule has 0 spiro atoms. The minimum Gasteiger partial charge on any atom is -0.306 e. The van der Waals surface area contributed by atoms with Crippen molar-refractivity contribution in [2.75, 3.05) is 0 Å². The average molecular weight is 267 g/mol. The monoisotopic (exact) mass is 266 g/mol. The second-order valence-corrected chi connectivity index (χ2v) is 5.71. The van der Waals surface area contributed by atoms with E-state index < -0.39 is 0 Å². The van der Waals surface area contributed by atoms with Crippen LogP contribution in [-0.2, 0) is 5.41 Å². The second-order valence-electron chi connectivity index (χ2n) is 4.92. The summed E-state index contributed by atoms with van der Waals surface area (Å²) >= 11 is 3.58. The van der Waals surface area contributed by atoms with Crippen LogP contribution in [0.1, 0.15) is 32.0 Å². The molecule has 2 heterocycles. The molecule has 2 nitrogen and oxygen atoms in total. The average Bonchev–Trinajstić information content (AvgIpc) is 2.55. The van der Waals surface area contributed by atoms with Crippen molar-refractivity contribution in [3.05, 3.63) is 34.2 Å². The molecule has 0 bridgehead atoms. The third-order valence-electron chi connectivity index (χ3n) is 2.53. The summed E-state index contributed by atoms with van der Waals surface area (Å²) < 4.78 is 3.15. The van der Waals surface area contributed by atoms with Gasteiger partial charge in [-0.05, 0) is 34.5 Å². The molecule has 0 aromatic carbocycles. The maximum absolute atomic E-state index is 4.66. The van der Waals surface area contributed by atoms with Crippen LogP contribution < -0.4 is 0 Å². The highest BCUT2D eigenvalue weighted by Crippen LogP contribution is 2.26. The number of imidazole rings is 1. The van der Waals surface area contributed by atoms with Crippen LogP contribution in [0.2, 0.25) is 0 Å². The molecule has 80 valence electrons. The van der Waals surface area contributed by atoms with Gasteiger partial charge in [-0.2, -0.15) is 0 Å². The Hall–Kier alpha value is -0.830. The highest BCUT2D eigenvalue weighted by molar-refractivity contribution is 9.10. The van der Waals surface area contributed by atoms with E-state index in [0.29, 0.717) is 0 Å². The van der Waals surface area contributed by atoms with Gasteiger partial charge in [-0.25, -0.2) is 4.98 Å². The Morgan fingerprint density at radius 1 is 1.33 bits per heavy atom. The van der Waals surface area contributed by atoms with Crippen molar-refractivity contribution in [1.82, 2.24) is 9.38 Å². The van der Waals surface area contributed by atoms with Crippen LogP contribution in [0.4, 0.5) is 0 Å². The topological polar surface area (TPSA) is 17.3 Å². The molecule has 2 aromatic rings. The molecule has 0 N–H and O–H groups in total. The fraction of sp³-hybridized carbons (Fsp3) is 0.417. The molecule has 0 amide bonds. The van der Waals surface area contributed by atoms with Crippen molar-refractivity contribution in [3.63, 3.8) is 0 Å². The van der Waals surface area contributed by atoms with Gasteiger partial charge in [0.25, 0.3) is 0 Å². The van der Waals surface area contributed by atoms with Gasteiger partial charge in [0.15, 0.2) is 5.65 Å². The number of hydrogen-bond acceptors (Lipinski definition) is 1. The van der Waals surface area contributed by atoms with E-state index in [-0.39, 0.29) is 5.41 Å². The molecule has 15 heavy (non-hydrogen) atoms. The summed E-state index contributed by atoms with van der Waals surface area (Å²) in [6, 6.07) is 2.09. The zero-order valence-electron chi connectivity index (χ0n) is 9.50. The van der Waals surface area contributed by atoms with Crippen LogP contribution >= 0.6 is 15.9 Å². The molecule has 0 saturated heterocycles. The number of aromatic nitrogens is 2. The summed E-state index contributed by atoms with van der Waals surface area (Å²) in [4.78, 5) is 4.66. The highest BCUT2D eigenvalue weighted by Gasteiger charge is 2.18. The Labute approximate surface area is 98.5 Å². The van der Waals surface area contributed by atoms with Crippen molar-refractivity contribution in [2.45, 2.75) is 33.1 Å². The largest absolute Gasteiger partial charge is 0.306 e. The van der Waals surface area contributed by atoms with Crippen LogP contribution in [0.3, 0.4) is 0 Å². The maximum Gasteiger partial charge on any atom is 0.151 e. The van der Waals surface area contributed by atoms with Gasteiger partial charge in [-0.1, -0.05) is 20.8 Å². The lowest BCUT2D eigenvalue weighted by Crippen LogP contribution is -2.11. The van der Waals surface area contributed by atoms with E-state index in [1.165, 1.54) is 5.56 Å². The van der Waals surface area contributed by atoms with E-state index in [0.717, 1.165) is 15.8 Å². The Bertz CT molecular complexity index is 506. The Morgan fingerprint density at radius 3 is 2.60 bits per heavy atom. The van der Waals surface area contributed by atoms with E-state index in [2.05, 4.69) is 71.5 Å². The van der Waals surface area contributed by atoms with Gasteiger partial charge in [0, 0.05) is 17.8 Å². The molecule has 0 aliphatic heterocycles. The lowest BCUT2D eigenvalue weighted by molar-refractivity contribution is 0.573. The smallest absolute Gasteiger partial charge is 0.151 e. The third-order valence-corrected chi connectivity index (χ3v) is 3.51. The lowest BCUT2D eigenvalue weighted by atomic mass is 9.93. The van der Waals surface area contributed by atoms with Gasteiger partial charge in [-0.3, -0.25) is 0 Å². The minimum absolute atomic E-state index is 0.0966. The molecule has 3 heteroatoms. The molecular weight excluding hydrogens is 252 g/mol. The number of pyridine rings is 1. The van der Waals surface area contributed by atoms with Crippen LogP contribution in [0.15, 0.2) is 22.9 Å². The van der Waals surface area contributed by atoms with Gasteiger partial charge in [0.2, 0.25) is 0 Å². The highest BCUT2D eigenvalue weighted by atomic mass is 79.9. The van der Waals surface area contributed by atoms with Crippen molar-refractivity contribution < 1.29 is 0 Å². The van der Waals surface area contributed by atoms with Crippen LogP contribution in [-0.4, -0.2) is 9.38 Å². The van der Waals surface area contributed by atoms with Gasteiger partial charge < -0.3 is 4.40 Å². The van der Waals surface area contributed by atoms with E-state index in [1.807, 2.05) is 0 Å². The molecule has 2 rings (SSSR count). The predicted octanol–water partition coefficient (Wildman–Crippen LogP) is 3.70. The number of halogens is 1. The molecule has 2 aromatic heterocycles. The first-order valence-corrected chi connectivity index (χ1v) is 5.83. The molecule has 0 radical (unpaired) electrons. The first-order chi connectivity index (χ1) is 6.89. The standard InChI is InChI=1S/C12H15BrN2/c1-8-5-6-15-7-9(12(2,3)4)14-11(15)10(8)13/h5-7H,1-4H3. The maximum atomic E-state index is 4.66. The van der Waals surface area contributed by atoms with E-state index in [1.54, 1.807) is 0 Å². The van der Waals surface area contributed by atoms with Crippen LogP contribution in [0.25, 0.3) is 5.65 Å². The summed E-state index contributed by atoms with van der Waals surface area (Å²) in [5, 5.41) is 0. The number of aryl methyl sites for hydroxylation is 1. The minimum atomic E-state index is 0.0966. The van der Waals surface area contributed by atoms with Crippen molar-refractivity contribution in [2.24, 2.45) is 0 Å². The van der Waals surface area contributed by atoms with Crippen molar-refractivity contribution in [1.29, 1.82) is 0 Å². The number of hydrogen-bond donors (Lipinski definition) is 0. The second kappa shape index (κ2) is 3.34. The molecule has 0 fully saturated rings. The van der Waals surface area contributed by atoms with Gasteiger partial charge in [-0.15, -0.1) is 0 Å². The molecule has 0 saturated carbocycles. The Morgan fingerprint density at radius 2 is 2.00 bits per heavy atom. The van der Waals surface area contributed by atoms with Gasteiger partial charge in [0.1, 0.15) is 0 Å². The quantitative estimate of drug-likeness (QED) is 0.711. The number of rotatable bonds is 0. The predicted molar refractivity (Wildman–Crippen MR) is 66.3 cm³/mol. The summed E-state index contributed by atoms with van der Waals surface area (Å²) in [6.45, 7) is 8.61. The summed E-state index contributed by atoms with van der Waals surface area (Å²) in [6.07, 6.45) is 4.15. The Balaban J connectivity index is 2.72. The Kier molecular flexibility index (Phi) is 2.38. The van der Waals surface area contributed by atoms with Crippen molar-refractivity contribution >= 4 is 21.6 Å². The van der Waals surface area contributed by atoms with Crippen molar-refractivity contribution in [3.8, 4) is 0 Å². The first kappa shape index (κ1) is 10.7. The SMILES string of the molecule is Cc1ccn2cc(C(C)(C)C)nc2c1Br. The molecular formula is C12H15BrN2. The van der Waals surface area contributed by atoms with E-state index >= 15 is 0 Å². The van der Waals surface area contributed by atoms with Gasteiger partial charge in [0.05, 0.1) is 10.2 Å². The zero-order valence-corrected chi connectivity index (χ0v) is 11.1. The van der Waals surface area contributed by atoms with Crippen LogP contribution in [0.5, 0.6) is 0 Å². The van der Waals surface area contributed by atoms with Crippen LogP contribution in [0, 0.1) is 6.92 Å². The fourth-order valence-electron chi connectivity index (χ4n) is 1.47. The summed E-state index contributed by atoms with van der Waals surface area (Å²) in [7, 11) is 0. The third kappa shape index (κ3) is 1.81. The molecule has 0 unspecified atom stereocenters. The van der Waals surface area contributed by atoms with E-state index in [4.69, 9.17) is 0 Å². The molecule has 0 aliphatic carbocycles. The summed E-state index contributed by atoms with van der Waals surface area (Å²) in [5.41, 5.74) is 3.43. The zero-order chi connectivity index (χ0) is 11.2. The lowest BCUT2D eigenvalue weighted by Gasteiger charge is -2.13. The fourth-order valence-corrected chi connectivity index (χ4v) is 1.90. The number of nitrogens with zero attached hydrogens (tertiary/aromatic N) is 2. The van der Waals surface area contributed by atoms with Gasteiger partial charge >= 0.3 is 0 Å². The molecule has 0 aliphatic rings. The summed E-state index contributed by atoms with van der Waals surface area (Å²) in [5.74, 6) is 0. The van der Waals surface area contributed by atoms with E-state index in [9.17, 15) is 0 Å². The molecule has 0 atom stereocenters.